The van der Waals surface area contributed by atoms with E-state index < -0.39 is 0 Å². The molecule has 0 fully saturated rings. The fourth-order valence-electron chi connectivity index (χ4n) is 1.89. The summed E-state index contributed by atoms with van der Waals surface area (Å²) < 4.78 is 0. The van der Waals surface area contributed by atoms with Gasteiger partial charge in [0.25, 0.3) is 0 Å². The van der Waals surface area contributed by atoms with Crippen LogP contribution in [0.1, 0.15) is 40.5 Å². The Kier molecular flexibility index (Phi) is 10.7. The van der Waals surface area contributed by atoms with E-state index >= 15 is 0 Å². The van der Waals surface area contributed by atoms with Gasteiger partial charge in [0.05, 0.1) is 0 Å². The molecule has 0 rings (SSSR count). The monoisotopic (exact) mass is 288 g/mol. The fourth-order valence-corrected chi connectivity index (χ4v) is 2.73. The van der Waals surface area contributed by atoms with E-state index in [1.54, 1.807) is 11.8 Å². The first-order valence-electron chi connectivity index (χ1n) is 7.23. The maximum Gasteiger partial charge on any atom is 0.223 e. The highest BCUT2D eigenvalue weighted by Gasteiger charge is 2.10. The van der Waals surface area contributed by atoms with Gasteiger partial charge in [0.15, 0.2) is 0 Å². The molecule has 0 radical (unpaired) electrons. The van der Waals surface area contributed by atoms with Crippen LogP contribution >= 0.6 is 11.8 Å². The molecule has 5 heteroatoms. The van der Waals surface area contributed by atoms with E-state index in [1.807, 2.05) is 37.5 Å². The minimum absolute atomic E-state index is 0.215. The molecule has 0 saturated carbocycles. The SMILES string of the molecule is CCN(CC)C(=O)CCSCCC(=O)N(CC)CC. The molecule has 0 unspecified atom stereocenters. The number of hydrogen-bond donors (Lipinski definition) is 0. The van der Waals surface area contributed by atoms with Gasteiger partial charge in [0.1, 0.15) is 0 Å². The van der Waals surface area contributed by atoms with Crippen LogP contribution in [0.4, 0.5) is 0 Å². The van der Waals surface area contributed by atoms with Crippen molar-refractivity contribution >= 4 is 23.6 Å². The van der Waals surface area contributed by atoms with Gasteiger partial charge in [-0.25, -0.2) is 0 Å². The van der Waals surface area contributed by atoms with Crippen molar-refractivity contribution in [1.29, 1.82) is 0 Å². The van der Waals surface area contributed by atoms with Crippen LogP contribution in [-0.4, -0.2) is 59.3 Å². The summed E-state index contributed by atoms with van der Waals surface area (Å²) in [6, 6.07) is 0. The van der Waals surface area contributed by atoms with Crippen molar-refractivity contribution in [3.8, 4) is 0 Å². The summed E-state index contributed by atoms with van der Waals surface area (Å²) in [6.45, 7) is 11.1. The Morgan fingerprint density at radius 2 is 1.05 bits per heavy atom. The van der Waals surface area contributed by atoms with Crippen molar-refractivity contribution in [3.05, 3.63) is 0 Å². The molecule has 0 bridgehead atoms. The highest BCUT2D eigenvalue weighted by molar-refractivity contribution is 7.99. The van der Waals surface area contributed by atoms with Crippen LogP contribution in [0.3, 0.4) is 0 Å². The van der Waals surface area contributed by atoms with Crippen LogP contribution in [0.15, 0.2) is 0 Å². The third-order valence-corrected chi connectivity index (χ3v) is 4.14. The summed E-state index contributed by atoms with van der Waals surface area (Å²) in [6.07, 6.45) is 1.15. The molecule has 0 heterocycles. The second-order valence-electron chi connectivity index (χ2n) is 4.24. The molecule has 0 saturated heterocycles. The van der Waals surface area contributed by atoms with Gasteiger partial charge < -0.3 is 9.80 Å². The van der Waals surface area contributed by atoms with Gasteiger partial charge in [-0.05, 0) is 27.7 Å². The van der Waals surface area contributed by atoms with Crippen molar-refractivity contribution in [2.24, 2.45) is 0 Å². The number of nitrogens with zero attached hydrogens (tertiary/aromatic N) is 2. The maximum atomic E-state index is 11.7. The standard InChI is InChI=1S/C14H28N2O2S/c1-5-15(6-2)13(17)9-11-19-12-10-14(18)16(7-3)8-4/h5-12H2,1-4H3. The lowest BCUT2D eigenvalue weighted by Gasteiger charge is -2.19. The largest absolute Gasteiger partial charge is 0.343 e. The summed E-state index contributed by atoms with van der Waals surface area (Å²) in [4.78, 5) is 27.2. The number of carbonyl (C=O) groups excluding carboxylic acids is 2. The van der Waals surface area contributed by atoms with E-state index in [2.05, 4.69) is 0 Å². The number of rotatable bonds is 10. The fraction of sp³-hybridized carbons (Fsp3) is 0.857. The summed E-state index contributed by atoms with van der Waals surface area (Å²) in [5.74, 6) is 2.04. The van der Waals surface area contributed by atoms with Gasteiger partial charge >= 0.3 is 0 Å². The Balaban J connectivity index is 3.70. The molecule has 0 aliphatic heterocycles. The number of carbonyl (C=O) groups is 2. The minimum atomic E-state index is 0.215. The molecule has 2 amide bonds. The third kappa shape index (κ3) is 7.45. The second-order valence-corrected chi connectivity index (χ2v) is 5.47. The average molecular weight is 288 g/mol. The molecule has 0 N–H and O–H groups in total. The van der Waals surface area contributed by atoms with Crippen molar-refractivity contribution in [2.75, 3.05) is 37.7 Å². The molecule has 0 atom stereocenters. The average Bonchev–Trinajstić information content (AvgIpc) is 2.41. The lowest BCUT2D eigenvalue weighted by Crippen LogP contribution is -2.31. The van der Waals surface area contributed by atoms with Crippen LogP contribution in [0, 0.1) is 0 Å². The van der Waals surface area contributed by atoms with Crippen molar-refractivity contribution in [3.63, 3.8) is 0 Å². The Bertz CT molecular complexity index is 238. The van der Waals surface area contributed by atoms with Crippen molar-refractivity contribution in [1.82, 2.24) is 9.80 Å². The Labute approximate surface area is 121 Å². The lowest BCUT2D eigenvalue weighted by atomic mass is 10.4. The van der Waals surface area contributed by atoms with E-state index in [0.29, 0.717) is 12.8 Å². The first-order valence-corrected chi connectivity index (χ1v) is 8.39. The number of thioether (sulfide) groups is 1. The molecular formula is C14H28N2O2S. The number of amides is 2. The predicted octanol–water partition coefficient (Wildman–Crippen LogP) is 2.24. The first kappa shape index (κ1) is 18.3. The topological polar surface area (TPSA) is 40.6 Å². The van der Waals surface area contributed by atoms with Crippen molar-refractivity contribution in [2.45, 2.75) is 40.5 Å². The van der Waals surface area contributed by atoms with E-state index in [1.165, 1.54) is 0 Å². The summed E-state index contributed by atoms with van der Waals surface area (Å²) in [5, 5.41) is 0. The first-order chi connectivity index (χ1) is 9.10. The summed E-state index contributed by atoms with van der Waals surface area (Å²) >= 11 is 1.69. The molecule has 0 aliphatic rings. The Morgan fingerprint density at radius 1 is 0.737 bits per heavy atom. The zero-order valence-corrected chi connectivity index (χ0v) is 13.6. The van der Waals surface area contributed by atoms with Gasteiger partial charge in [0.2, 0.25) is 11.8 Å². The zero-order valence-electron chi connectivity index (χ0n) is 12.8. The van der Waals surface area contributed by atoms with Crippen LogP contribution in [0.25, 0.3) is 0 Å². The molecule has 0 aromatic heterocycles. The molecule has 0 aromatic rings. The third-order valence-electron chi connectivity index (χ3n) is 3.15. The highest BCUT2D eigenvalue weighted by atomic mass is 32.2. The van der Waals surface area contributed by atoms with Crippen LogP contribution in [-0.2, 0) is 9.59 Å². The summed E-state index contributed by atoms with van der Waals surface area (Å²) in [5.41, 5.74) is 0. The van der Waals surface area contributed by atoms with Gasteiger partial charge in [-0.1, -0.05) is 0 Å². The van der Waals surface area contributed by atoms with Crippen LogP contribution in [0.2, 0.25) is 0 Å². The molecular weight excluding hydrogens is 260 g/mol. The maximum absolute atomic E-state index is 11.7. The normalized spacial score (nSPS) is 10.3. The zero-order chi connectivity index (χ0) is 14.7. The lowest BCUT2D eigenvalue weighted by molar-refractivity contribution is -0.131. The molecule has 19 heavy (non-hydrogen) atoms. The predicted molar refractivity (Wildman–Crippen MR) is 82.4 cm³/mol. The van der Waals surface area contributed by atoms with Crippen LogP contribution in [0.5, 0.6) is 0 Å². The number of hydrogen-bond acceptors (Lipinski definition) is 3. The quantitative estimate of drug-likeness (QED) is 0.579. The van der Waals surface area contributed by atoms with E-state index in [9.17, 15) is 9.59 Å². The van der Waals surface area contributed by atoms with Crippen molar-refractivity contribution < 1.29 is 9.59 Å². The highest BCUT2D eigenvalue weighted by Crippen LogP contribution is 2.08. The van der Waals surface area contributed by atoms with E-state index in [4.69, 9.17) is 0 Å². The molecule has 0 aromatic carbocycles. The molecule has 112 valence electrons. The smallest absolute Gasteiger partial charge is 0.223 e. The molecule has 0 aliphatic carbocycles. The van der Waals surface area contributed by atoms with Crippen LogP contribution < -0.4 is 0 Å². The minimum Gasteiger partial charge on any atom is -0.343 e. The van der Waals surface area contributed by atoms with Gasteiger partial charge in [0, 0.05) is 50.5 Å². The second kappa shape index (κ2) is 11.1. The van der Waals surface area contributed by atoms with E-state index in [0.717, 1.165) is 37.7 Å². The molecule has 0 spiro atoms. The van der Waals surface area contributed by atoms with Gasteiger partial charge in [-0.3, -0.25) is 9.59 Å². The molecule has 4 nitrogen and oxygen atoms in total. The Morgan fingerprint density at radius 3 is 1.32 bits per heavy atom. The Hall–Kier alpha value is -0.710. The van der Waals surface area contributed by atoms with Gasteiger partial charge in [-0.2, -0.15) is 11.8 Å². The summed E-state index contributed by atoms with van der Waals surface area (Å²) in [7, 11) is 0. The van der Waals surface area contributed by atoms with Gasteiger partial charge in [-0.15, -0.1) is 0 Å². The van der Waals surface area contributed by atoms with E-state index in [-0.39, 0.29) is 11.8 Å².